The molecule has 0 amide bonds. The van der Waals surface area contributed by atoms with Gasteiger partial charge >= 0.3 is 6.18 Å². The van der Waals surface area contributed by atoms with Gasteiger partial charge in [-0.05, 0) is 24.3 Å². The Balaban J connectivity index is 2.16. The third-order valence-electron chi connectivity index (χ3n) is 2.73. The lowest BCUT2D eigenvalue weighted by atomic mass is 10.2. The fraction of sp³-hybridized carbons (Fsp3) is 0.143. The molecule has 0 aliphatic heterocycles. The number of halogens is 5. The van der Waals surface area contributed by atoms with Gasteiger partial charge in [-0.2, -0.15) is 18.3 Å². The van der Waals surface area contributed by atoms with Crippen molar-refractivity contribution < 1.29 is 17.9 Å². The maximum absolute atomic E-state index is 12.5. The molecule has 0 unspecified atom stereocenters. The molecule has 0 aliphatic rings. The fourth-order valence-electron chi connectivity index (χ4n) is 1.64. The van der Waals surface area contributed by atoms with Gasteiger partial charge in [0.1, 0.15) is 5.75 Å². The number of anilines is 1. The minimum absolute atomic E-state index is 0.0184. The molecular formula is C14H10BrClF3N3O. The topological polar surface area (TPSA) is 46.5 Å². The molecule has 0 saturated heterocycles. The van der Waals surface area contributed by atoms with E-state index in [0.717, 1.165) is 10.5 Å². The number of hydrogen-bond acceptors (Lipinski definition) is 4. The minimum Gasteiger partial charge on any atom is -0.496 e. The summed E-state index contributed by atoms with van der Waals surface area (Å²) >= 11 is 9.09. The predicted molar refractivity (Wildman–Crippen MR) is 86.2 cm³/mol. The molecule has 23 heavy (non-hydrogen) atoms. The predicted octanol–water partition coefficient (Wildman–Crippen LogP) is 4.97. The molecule has 1 aromatic carbocycles. The van der Waals surface area contributed by atoms with Gasteiger partial charge in [0.25, 0.3) is 0 Å². The molecule has 0 bridgehead atoms. The highest BCUT2D eigenvalue weighted by atomic mass is 79.9. The number of ether oxygens (including phenoxy) is 1. The molecule has 0 saturated carbocycles. The van der Waals surface area contributed by atoms with E-state index < -0.39 is 11.7 Å². The van der Waals surface area contributed by atoms with E-state index in [9.17, 15) is 13.2 Å². The van der Waals surface area contributed by atoms with E-state index in [0.29, 0.717) is 17.5 Å². The number of aromatic nitrogens is 1. The zero-order valence-electron chi connectivity index (χ0n) is 11.7. The van der Waals surface area contributed by atoms with E-state index in [2.05, 4.69) is 31.4 Å². The molecule has 9 heteroatoms. The number of alkyl halides is 3. The first kappa shape index (κ1) is 17.6. The second-order valence-electron chi connectivity index (χ2n) is 4.31. The van der Waals surface area contributed by atoms with Gasteiger partial charge in [0.15, 0.2) is 5.82 Å². The number of pyridine rings is 1. The summed E-state index contributed by atoms with van der Waals surface area (Å²) in [5, 5.41) is 3.73. The highest BCUT2D eigenvalue weighted by Crippen LogP contribution is 2.32. The Bertz CT molecular complexity index is 738. The van der Waals surface area contributed by atoms with Crippen LogP contribution in [-0.2, 0) is 6.18 Å². The van der Waals surface area contributed by atoms with Crippen molar-refractivity contribution in [2.45, 2.75) is 6.18 Å². The number of hydrogen-bond donors (Lipinski definition) is 1. The van der Waals surface area contributed by atoms with Crippen LogP contribution in [0.3, 0.4) is 0 Å². The fourth-order valence-corrected chi connectivity index (χ4v) is 2.23. The Morgan fingerprint density at radius 1 is 1.35 bits per heavy atom. The van der Waals surface area contributed by atoms with Crippen molar-refractivity contribution in [1.29, 1.82) is 0 Å². The summed E-state index contributed by atoms with van der Waals surface area (Å²) in [4.78, 5) is 3.62. The summed E-state index contributed by atoms with van der Waals surface area (Å²) in [6.45, 7) is 0. The number of benzene rings is 1. The normalized spacial score (nSPS) is 11.7. The quantitative estimate of drug-likeness (QED) is 0.574. The number of rotatable bonds is 4. The van der Waals surface area contributed by atoms with Gasteiger partial charge < -0.3 is 4.74 Å². The summed E-state index contributed by atoms with van der Waals surface area (Å²) in [6, 6.07) is 6.10. The highest BCUT2D eigenvalue weighted by molar-refractivity contribution is 9.10. The lowest BCUT2D eigenvalue weighted by Gasteiger charge is -2.08. The summed E-state index contributed by atoms with van der Waals surface area (Å²) in [5.41, 5.74) is 2.24. The van der Waals surface area contributed by atoms with E-state index in [1.165, 1.54) is 13.3 Å². The van der Waals surface area contributed by atoms with Gasteiger partial charge in [-0.3, -0.25) is 5.43 Å². The van der Waals surface area contributed by atoms with Crippen LogP contribution in [0.4, 0.5) is 19.0 Å². The number of hydrazone groups is 1. The van der Waals surface area contributed by atoms with Crippen molar-refractivity contribution in [3.8, 4) is 5.75 Å². The standard InChI is InChI=1S/C14H10BrClF3N3O/c1-23-12-3-2-10(15)4-8(12)6-21-22-13-11(16)5-9(7-20-13)14(17,18)19/h2-7H,1H3,(H,20,22)/b21-6-. The Kier molecular flexibility index (Phi) is 5.48. The molecule has 0 fully saturated rings. The zero-order chi connectivity index (χ0) is 17.0. The second-order valence-corrected chi connectivity index (χ2v) is 5.63. The van der Waals surface area contributed by atoms with Crippen molar-refractivity contribution >= 4 is 39.6 Å². The molecule has 1 heterocycles. The van der Waals surface area contributed by atoms with Gasteiger partial charge in [-0.25, -0.2) is 4.98 Å². The molecule has 4 nitrogen and oxygen atoms in total. The van der Waals surface area contributed by atoms with Gasteiger partial charge in [0.2, 0.25) is 0 Å². The first-order chi connectivity index (χ1) is 10.8. The summed E-state index contributed by atoms with van der Waals surface area (Å²) < 4.78 is 43.6. The van der Waals surface area contributed by atoms with Crippen LogP contribution in [0.2, 0.25) is 5.02 Å². The zero-order valence-corrected chi connectivity index (χ0v) is 14.0. The molecule has 0 spiro atoms. The van der Waals surface area contributed by atoms with Crippen LogP contribution in [-0.4, -0.2) is 18.3 Å². The summed E-state index contributed by atoms with van der Waals surface area (Å²) in [6.07, 6.45) is -2.37. The number of nitrogens with one attached hydrogen (secondary N) is 1. The van der Waals surface area contributed by atoms with Gasteiger partial charge in [-0.1, -0.05) is 27.5 Å². The molecule has 0 atom stereocenters. The van der Waals surface area contributed by atoms with Gasteiger partial charge in [0, 0.05) is 16.2 Å². The lowest BCUT2D eigenvalue weighted by Crippen LogP contribution is -2.06. The summed E-state index contributed by atoms with van der Waals surface area (Å²) in [5.74, 6) is 0.607. The largest absolute Gasteiger partial charge is 0.496 e. The molecule has 2 rings (SSSR count). The first-order valence-electron chi connectivity index (χ1n) is 6.16. The van der Waals surface area contributed by atoms with Crippen LogP contribution in [0.25, 0.3) is 0 Å². The van der Waals surface area contributed by atoms with Crippen LogP contribution >= 0.6 is 27.5 Å². The average Bonchev–Trinajstić information content (AvgIpc) is 2.48. The number of methoxy groups -OCH3 is 1. The van der Waals surface area contributed by atoms with Crippen LogP contribution in [0.1, 0.15) is 11.1 Å². The minimum atomic E-state index is -4.50. The van der Waals surface area contributed by atoms with Crippen molar-refractivity contribution in [2.75, 3.05) is 12.5 Å². The van der Waals surface area contributed by atoms with E-state index in [4.69, 9.17) is 16.3 Å². The molecule has 122 valence electrons. The first-order valence-corrected chi connectivity index (χ1v) is 7.33. The van der Waals surface area contributed by atoms with E-state index in [1.54, 1.807) is 18.2 Å². The van der Waals surface area contributed by atoms with E-state index in [-0.39, 0.29) is 10.8 Å². The molecule has 0 aliphatic carbocycles. The van der Waals surface area contributed by atoms with Crippen LogP contribution < -0.4 is 10.2 Å². The second kappa shape index (κ2) is 7.18. The van der Waals surface area contributed by atoms with E-state index in [1.807, 2.05) is 0 Å². The van der Waals surface area contributed by atoms with Crippen molar-refractivity contribution in [2.24, 2.45) is 5.10 Å². The average molecular weight is 409 g/mol. The third-order valence-corrected chi connectivity index (χ3v) is 3.52. The van der Waals surface area contributed by atoms with Gasteiger partial charge in [0.05, 0.1) is 23.9 Å². The molecule has 1 N–H and O–H groups in total. The van der Waals surface area contributed by atoms with Crippen molar-refractivity contribution in [3.63, 3.8) is 0 Å². The maximum atomic E-state index is 12.5. The lowest BCUT2D eigenvalue weighted by molar-refractivity contribution is -0.137. The van der Waals surface area contributed by atoms with Crippen LogP contribution in [0, 0.1) is 0 Å². The van der Waals surface area contributed by atoms with Gasteiger partial charge in [-0.15, -0.1) is 0 Å². The molecule has 2 aromatic rings. The van der Waals surface area contributed by atoms with Crippen molar-refractivity contribution in [3.05, 3.63) is 51.1 Å². The number of nitrogens with zero attached hydrogens (tertiary/aromatic N) is 2. The molecule has 0 radical (unpaired) electrons. The Hall–Kier alpha value is -1.80. The molecular weight excluding hydrogens is 399 g/mol. The Morgan fingerprint density at radius 2 is 2.09 bits per heavy atom. The van der Waals surface area contributed by atoms with E-state index >= 15 is 0 Å². The summed E-state index contributed by atoms with van der Waals surface area (Å²) in [7, 11) is 1.52. The Labute approximate surface area is 143 Å². The molecule has 1 aromatic heterocycles. The van der Waals surface area contributed by atoms with Crippen LogP contribution in [0.5, 0.6) is 5.75 Å². The Morgan fingerprint density at radius 3 is 2.70 bits per heavy atom. The third kappa shape index (κ3) is 4.59. The monoisotopic (exact) mass is 407 g/mol. The smallest absolute Gasteiger partial charge is 0.417 e. The van der Waals surface area contributed by atoms with Crippen LogP contribution in [0.15, 0.2) is 40.0 Å². The SMILES string of the molecule is COc1ccc(Br)cc1/C=N\Nc1ncc(C(F)(F)F)cc1Cl. The van der Waals surface area contributed by atoms with Crippen molar-refractivity contribution in [1.82, 2.24) is 4.98 Å². The highest BCUT2D eigenvalue weighted by Gasteiger charge is 2.31. The maximum Gasteiger partial charge on any atom is 0.417 e.